The third-order valence-corrected chi connectivity index (χ3v) is 5.17. The highest BCUT2D eigenvalue weighted by atomic mass is 127. The van der Waals surface area contributed by atoms with E-state index in [0.29, 0.717) is 12.0 Å². The molecule has 6 heteroatoms. The van der Waals surface area contributed by atoms with Gasteiger partial charge in [0.2, 0.25) is 0 Å². The van der Waals surface area contributed by atoms with Gasteiger partial charge in [0, 0.05) is 52.4 Å². The number of piperazine rings is 1. The number of rotatable bonds is 6. The summed E-state index contributed by atoms with van der Waals surface area (Å²) < 4.78 is 0. The second-order valence-electron chi connectivity index (χ2n) is 7.33. The van der Waals surface area contributed by atoms with Gasteiger partial charge in [-0.3, -0.25) is 9.89 Å². The fourth-order valence-electron chi connectivity index (χ4n) is 3.12. The standard InChI is InChI=1S/C20H35N5.HI/c1-16-6-8-19(9-7-16)17(2)14-22-20(21-4)23-15-18(3)25-12-10-24(5)11-13-25;/h6-9,17-18H,10-15H2,1-5H3,(H2,21,22,23);1H. The summed E-state index contributed by atoms with van der Waals surface area (Å²) >= 11 is 0. The van der Waals surface area contributed by atoms with E-state index in [2.05, 4.69) is 77.5 Å². The van der Waals surface area contributed by atoms with Crippen molar-refractivity contribution >= 4 is 29.9 Å². The van der Waals surface area contributed by atoms with Gasteiger partial charge in [0.1, 0.15) is 0 Å². The molecule has 0 aliphatic carbocycles. The molecule has 5 nitrogen and oxygen atoms in total. The summed E-state index contributed by atoms with van der Waals surface area (Å²) in [6.07, 6.45) is 0. The van der Waals surface area contributed by atoms with E-state index in [1.165, 1.54) is 11.1 Å². The highest BCUT2D eigenvalue weighted by Crippen LogP contribution is 2.14. The SMILES string of the molecule is CN=C(NCC(C)c1ccc(C)cc1)NCC(C)N1CCN(C)CC1.I. The Balaban J connectivity index is 0.00000338. The lowest BCUT2D eigenvalue weighted by Gasteiger charge is -2.36. The molecule has 2 N–H and O–H groups in total. The summed E-state index contributed by atoms with van der Waals surface area (Å²) in [7, 11) is 4.04. The molecule has 0 bridgehead atoms. The molecule has 0 spiro atoms. The van der Waals surface area contributed by atoms with E-state index in [1.807, 2.05) is 7.05 Å². The summed E-state index contributed by atoms with van der Waals surface area (Å²) in [5.74, 6) is 1.34. The van der Waals surface area contributed by atoms with Gasteiger partial charge in [-0.1, -0.05) is 36.8 Å². The maximum atomic E-state index is 4.36. The van der Waals surface area contributed by atoms with Crippen LogP contribution < -0.4 is 10.6 Å². The summed E-state index contributed by atoms with van der Waals surface area (Å²) in [5, 5.41) is 6.94. The van der Waals surface area contributed by atoms with Crippen LogP contribution >= 0.6 is 24.0 Å². The van der Waals surface area contributed by atoms with Crippen molar-refractivity contribution in [3.8, 4) is 0 Å². The predicted octanol–water partition coefficient (Wildman–Crippen LogP) is 2.52. The molecule has 2 unspecified atom stereocenters. The maximum Gasteiger partial charge on any atom is 0.191 e. The number of aryl methyl sites for hydroxylation is 1. The topological polar surface area (TPSA) is 42.9 Å². The van der Waals surface area contributed by atoms with Gasteiger partial charge in [0.15, 0.2) is 5.96 Å². The van der Waals surface area contributed by atoms with Gasteiger partial charge < -0.3 is 15.5 Å². The quantitative estimate of drug-likeness (QED) is 0.379. The van der Waals surface area contributed by atoms with Crippen molar-refractivity contribution in [1.29, 1.82) is 0 Å². The largest absolute Gasteiger partial charge is 0.356 e. The summed E-state index contributed by atoms with van der Waals surface area (Å²) in [6.45, 7) is 13.1. The first-order valence-corrected chi connectivity index (χ1v) is 9.43. The molecule has 1 aromatic rings. The molecule has 2 atom stereocenters. The number of nitrogens with zero attached hydrogens (tertiary/aromatic N) is 3. The van der Waals surface area contributed by atoms with Crippen molar-refractivity contribution in [3.63, 3.8) is 0 Å². The smallest absolute Gasteiger partial charge is 0.191 e. The third-order valence-electron chi connectivity index (χ3n) is 5.17. The fraction of sp³-hybridized carbons (Fsp3) is 0.650. The number of aliphatic imine (C=N–C) groups is 1. The van der Waals surface area contributed by atoms with Gasteiger partial charge in [-0.05, 0) is 32.4 Å². The van der Waals surface area contributed by atoms with Crippen LogP contribution in [0.4, 0.5) is 0 Å². The molecule has 1 aliphatic rings. The molecular weight excluding hydrogens is 437 g/mol. The molecule has 0 saturated carbocycles. The van der Waals surface area contributed by atoms with Crippen LogP contribution in [-0.2, 0) is 0 Å². The summed E-state index contributed by atoms with van der Waals surface area (Å²) in [5.41, 5.74) is 2.67. The number of hydrogen-bond acceptors (Lipinski definition) is 3. The lowest BCUT2D eigenvalue weighted by molar-refractivity contribution is 0.120. The van der Waals surface area contributed by atoms with Crippen molar-refractivity contribution in [2.24, 2.45) is 4.99 Å². The molecule has 1 saturated heterocycles. The Morgan fingerprint density at radius 3 is 2.19 bits per heavy atom. The number of benzene rings is 1. The third kappa shape index (κ3) is 7.40. The van der Waals surface area contributed by atoms with E-state index in [1.54, 1.807) is 0 Å². The van der Waals surface area contributed by atoms with Gasteiger partial charge in [-0.2, -0.15) is 0 Å². The normalized spacial score (nSPS) is 18.7. The lowest BCUT2D eigenvalue weighted by atomic mass is 10.0. The number of nitrogens with one attached hydrogen (secondary N) is 2. The molecule has 2 rings (SSSR count). The molecule has 0 radical (unpaired) electrons. The van der Waals surface area contributed by atoms with Crippen LogP contribution in [0.5, 0.6) is 0 Å². The Morgan fingerprint density at radius 1 is 1.04 bits per heavy atom. The monoisotopic (exact) mass is 473 g/mol. The average Bonchev–Trinajstić information content (AvgIpc) is 2.62. The molecule has 148 valence electrons. The van der Waals surface area contributed by atoms with Crippen LogP contribution in [0.15, 0.2) is 29.3 Å². The van der Waals surface area contributed by atoms with Crippen LogP contribution in [0.25, 0.3) is 0 Å². The van der Waals surface area contributed by atoms with Gasteiger partial charge in [0.25, 0.3) is 0 Å². The molecule has 26 heavy (non-hydrogen) atoms. The zero-order valence-corrected chi connectivity index (χ0v) is 19.3. The van der Waals surface area contributed by atoms with Gasteiger partial charge >= 0.3 is 0 Å². The van der Waals surface area contributed by atoms with Crippen LogP contribution in [0.2, 0.25) is 0 Å². The number of halogens is 1. The summed E-state index contributed by atoms with van der Waals surface area (Å²) in [4.78, 5) is 9.31. The Kier molecular flexibility index (Phi) is 10.5. The minimum absolute atomic E-state index is 0. The van der Waals surface area contributed by atoms with E-state index in [0.717, 1.165) is 45.2 Å². The molecule has 1 fully saturated rings. The minimum atomic E-state index is 0. The van der Waals surface area contributed by atoms with Crippen molar-refractivity contribution < 1.29 is 0 Å². The second-order valence-corrected chi connectivity index (χ2v) is 7.33. The van der Waals surface area contributed by atoms with Crippen molar-refractivity contribution in [2.45, 2.75) is 32.7 Å². The number of likely N-dealkylation sites (N-methyl/N-ethyl adjacent to an activating group) is 1. The van der Waals surface area contributed by atoms with Crippen molar-refractivity contribution in [1.82, 2.24) is 20.4 Å². The first-order valence-electron chi connectivity index (χ1n) is 9.43. The number of guanidine groups is 1. The van der Waals surface area contributed by atoms with Crippen LogP contribution in [0.1, 0.15) is 30.9 Å². The lowest BCUT2D eigenvalue weighted by Crippen LogP contribution is -2.52. The van der Waals surface area contributed by atoms with E-state index in [-0.39, 0.29) is 24.0 Å². The van der Waals surface area contributed by atoms with E-state index < -0.39 is 0 Å². The Labute approximate surface area is 176 Å². The average molecular weight is 473 g/mol. The maximum absolute atomic E-state index is 4.36. The minimum Gasteiger partial charge on any atom is -0.356 e. The van der Waals surface area contributed by atoms with Gasteiger partial charge in [0.05, 0.1) is 0 Å². The molecule has 1 aromatic carbocycles. The first-order chi connectivity index (χ1) is 12.0. The molecular formula is C20H36IN5. The van der Waals surface area contributed by atoms with Gasteiger partial charge in [-0.25, -0.2) is 0 Å². The highest BCUT2D eigenvalue weighted by Gasteiger charge is 2.19. The first kappa shape index (κ1) is 23.2. The van der Waals surface area contributed by atoms with Crippen molar-refractivity contribution in [2.75, 3.05) is 53.4 Å². The predicted molar refractivity (Wildman–Crippen MR) is 123 cm³/mol. The van der Waals surface area contributed by atoms with E-state index in [4.69, 9.17) is 0 Å². The fourth-order valence-corrected chi connectivity index (χ4v) is 3.12. The zero-order valence-electron chi connectivity index (χ0n) is 17.0. The van der Waals surface area contributed by atoms with Crippen LogP contribution in [0.3, 0.4) is 0 Å². The van der Waals surface area contributed by atoms with Crippen molar-refractivity contribution in [3.05, 3.63) is 35.4 Å². The molecule has 0 aromatic heterocycles. The Hall–Kier alpha value is -0.860. The second kappa shape index (κ2) is 11.8. The van der Waals surface area contributed by atoms with Gasteiger partial charge in [-0.15, -0.1) is 24.0 Å². The molecule has 1 heterocycles. The molecule has 1 aliphatic heterocycles. The van der Waals surface area contributed by atoms with E-state index >= 15 is 0 Å². The number of hydrogen-bond donors (Lipinski definition) is 2. The van der Waals surface area contributed by atoms with Crippen LogP contribution in [0, 0.1) is 6.92 Å². The molecule has 0 amide bonds. The Bertz CT molecular complexity index is 538. The summed E-state index contributed by atoms with van der Waals surface area (Å²) in [6, 6.07) is 9.30. The zero-order chi connectivity index (χ0) is 18.2. The van der Waals surface area contributed by atoms with E-state index in [9.17, 15) is 0 Å². The van der Waals surface area contributed by atoms with Crippen LogP contribution in [-0.4, -0.2) is 75.2 Å². The highest BCUT2D eigenvalue weighted by molar-refractivity contribution is 14.0. The Morgan fingerprint density at radius 2 is 1.62 bits per heavy atom.